The first-order valence-corrected chi connectivity index (χ1v) is 5.97. The van der Waals surface area contributed by atoms with Crippen molar-refractivity contribution < 1.29 is 5.11 Å². The van der Waals surface area contributed by atoms with Crippen LogP contribution in [0.1, 0.15) is 19.8 Å². The number of nitrogens with one attached hydrogen (secondary N) is 1. The molecule has 1 aromatic rings. The molecule has 102 valence electrons. The number of nitrogens with two attached hydrogens (primary N) is 1. The number of nitrogens with zero attached hydrogens (tertiary/aromatic N) is 2. The predicted molar refractivity (Wildman–Crippen MR) is 71.0 cm³/mol. The zero-order valence-electron chi connectivity index (χ0n) is 10.8. The Bertz CT molecular complexity index is 506. The Morgan fingerprint density at radius 1 is 1.44 bits per heavy atom. The summed E-state index contributed by atoms with van der Waals surface area (Å²) in [7, 11) is 1.64. The third kappa shape index (κ3) is 2.92. The van der Waals surface area contributed by atoms with Crippen LogP contribution in [0.5, 0.6) is 0 Å². The highest BCUT2D eigenvalue weighted by molar-refractivity contribution is 5.61. The van der Waals surface area contributed by atoms with Crippen LogP contribution in [0.4, 0.5) is 11.5 Å². The Balaban J connectivity index is 3.26. The van der Waals surface area contributed by atoms with Crippen molar-refractivity contribution in [3.8, 4) is 0 Å². The van der Waals surface area contributed by atoms with E-state index in [9.17, 15) is 9.59 Å². The van der Waals surface area contributed by atoms with Gasteiger partial charge in [0.2, 0.25) is 0 Å². The number of aromatic amines is 1. The lowest BCUT2D eigenvalue weighted by molar-refractivity contribution is 0.304. The number of aliphatic hydroxyl groups excluding tert-OH is 1. The molecule has 0 radical (unpaired) electrons. The lowest BCUT2D eigenvalue weighted by Gasteiger charge is -2.20. The van der Waals surface area contributed by atoms with Crippen LogP contribution < -0.4 is 21.9 Å². The third-order valence-corrected chi connectivity index (χ3v) is 2.77. The molecule has 0 atom stereocenters. The molecule has 7 heteroatoms. The minimum Gasteiger partial charge on any atom is -0.395 e. The lowest BCUT2D eigenvalue weighted by atomic mass is 10.3. The van der Waals surface area contributed by atoms with Crippen molar-refractivity contribution in [1.29, 1.82) is 0 Å². The summed E-state index contributed by atoms with van der Waals surface area (Å²) in [5, 5.41) is 8.88. The zero-order chi connectivity index (χ0) is 13.7. The summed E-state index contributed by atoms with van der Waals surface area (Å²) in [6, 6.07) is 0. The molecule has 0 fully saturated rings. The first kappa shape index (κ1) is 14.3. The summed E-state index contributed by atoms with van der Waals surface area (Å²) in [5.41, 5.74) is 5.08. The summed E-state index contributed by atoms with van der Waals surface area (Å²) in [4.78, 5) is 27.2. The molecular weight excluding hydrogens is 236 g/mol. The molecule has 0 bridgehead atoms. The minimum absolute atomic E-state index is 0.0938. The Labute approximate surface area is 105 Å². The fraction of sp³-hybridized carbons (Fsp3) is 0.636. The number of H-pyrrole nitrogens is 1. The van der Waals surface area contributed by atoms with E-state index in [-0.39, 0.29) is 24.7 Å². The lowest BCUT2D eigenvalue weighted by Crippen LogP contribution is -2.37. The second kappa shape index (κ2) is 6.25. The molecule has 0 aromatic carbocycles. The maximum atomic E-state index is 11.7. The number of nitrogen functional groups attached to an aromatic ring is 1. The number of aliphatic hydroxyl groups is 1. The fourth-order valence-corrected chi connectivity index (χ4v) is 1.75. The Hall–Kier alpha value is -1.76. The smallest absolute Gasteiger partial charge is 0.330 e. The van der Waals surface area contributed by atoms with E-state index in [0.29, 0.717) is 6.54 Å². The monoisotopic (exact) mass is 256 g/mol. The van der Waals surface area contributed by atoms with E-state index >= 15 is 0 Å². The quantitative estimate of drug-likeness (QED) is 0.627. The molecule has 0 unspecified atom stereocenters. The standard InChI is InChI=1S/C11H20N4O3/c1-3-4-5-15-9(12)8(14(2)6-7-16)10(17)13-11(15)18/h16H,3-7,12H2,1-2H3,(H,13,17,18). The summed E-state index contributed by atoms with van der Waals surface area (Å²) < 4.78 is 1.36. The van der Waals surface area contributed by atoms with Gasteiger partial charge in [-0.05, 0) is 6.42 Å². The molecule has 4 N–H and O–H groups in total. The van der Waals surface area contributed by atoms with E-state index in [4.69, 9.17) is 10.8 Å². The van der Waals surface area contributed by atoms with E-state index < -0.39 is 11.2 Å². The average molecular weight is 256 g/mol. The summed E-state index contributed by atoms with van der Waals surface area (Å²) >= 11 is 0. The van der Waals surface area contributed by atoms with Crippen LogP contribution >= 0.6 is 0 Å². The Kier molecular flexibility index (Phi) is 4.96. The van der Waals surface area contributed by atoms with Gasteiger partial charge in [-0.2, -0.15) is 0 Å². The fourth-order valence-electron chi connectivity index (χ4n) is 1.75. The molecule has 0 saturated heterocycles. The van der Waals surface area contributed by atoms with Crippen molar-refractivity contribution in [3.05, 3.63) is 20.8 Å². The first-order chi connectivity index (χ1) is 8.52. The first-order valence-electron chi connectivity index (χ1n) is 5.97. The topological polar surface area (TPSA) is 104 Å². The van der Waals surface area contributed by atoms with Gasteiger partial charge in [-0.25, -0.2) is 4.79 Å². The SMILES string of the molecule is CCCCn1c(N)c(N(C)CCO)c(=O)[nH]c1=O. The molecular formula is C11H20N4O3. The molecule has 0 aliphatic heterocycles. The van der Waals surface area contributed by atoms with E-state index in [1.165, 1.54) is 9.47 Å². The van der Waals surface area contributed by atoms with E-state index in [1.807, 2.05) is 6.92 Å². The molecule has 0 aliphatic carbocycles. The normalized spacial score (nSPS) is 10.6. The van der Waals surface area contributed by atoms with Crippen molar-refractivity contribution in [2.75, 3.05) is 30.8 Å². The van der Waals surface area contributed by atoms with Crippen molar-refractivity contribution in [1.82, 2.24) is 9.55 Å². The number of hydrogen-bond acceptors (Lipinski definition) is 5. The maximum absolute atomic E-state index is 11.7. The highest BCUT2D eigenvalue weighted by atomic mass is 16.3. The molecule has 0 amide bonds. The predicted octanol–water partition coefficient (Wildman–Crippen LogP) is -0.653. The molecule has 0 spiro atoms. The van der Waals surface area contributed by atoms with Crippen LogP contribution in [0.2, 0.25) is 0 Å². The van der Waals surface area contributed by atoms with Crippen LogP contribution in [-0.2, 0) is 6.54 Å². The van der Waals surface area contributed by atoms with E-state index in [0.717, 1.165) is 12.8 Å². The molecule has 18 heavy (non-hydrogen) atoms. The van der Waals surface area contributed by atoms with Gasteiger partial charge in [0.15, 0.2) is 0 Å². The van der Waals surface area contributed by atoms with Gasteiger partial charge in [0.1, 0.15) is 11.5 Å². The highest BCUT2D eigenvalue weighted by Gasteiger charge is 2.15. The van der Waals surface area contributed by atoms with E-state index in [1.54, 1.807) is 7.05 Å². The van der Waals surface area contributed by atoms with Crippen LogP contribution in [-0.4, -0.2) is 34.9 Å². The third-order valence-electron chi connectivity index (χ3n) is 2.77. The van der Waals surface area contributed by atoms with Crippen LogP contribution in [0, 0.1) is 0 Å². The molecule has 1 aromatic heterocycles. The second-order valence-corrected chi connectivity index (χ2v) is 4.14. The van der Waals surface area contributed by atoms with Crippen molar-refractivity contribution in [2.45, 2.75) is 26.3 Å². The molecule has 0 saturated carbocycles. The molecule has 7 nitrogen and oxygen atoms in total. The van der Waals surface area contributed by atoms with Crippen molar-refractivity contribution >= 4 is 11.5 Å². The van der Waals surface area contributed by atoms with E-state index in [2.05, 4.69) is 4.98 Å². The second-order valence-electron chi connectivity index (χ2n) is 4.14. The average Bonchev–Trinajstić information content (AvgIpc) is 2.28. The summed E-state index contributed by atoms with van der Waals surface area (Å²) in [6.45, 7) is 2.66. The number of anilines is 2. The molecule has 1 rings (SSSR count). The van der Waals surface area contributed by atoms with Gasteiger partial charge >= 0.3 is 5.69 Å². The summed E-state index contributed by atoms with van der Waals surface area (Å²) in [5.74, 6) is 0.146. The largest absolute Gasteiger partial charge is 0.395 e. The summed E-state index contributed by atoms with van der Waals surface area (Å²) in [6.07, 6.45) is 1.73. The molecule has 0 aliphatic rings. The van der Waals surface area contributed by atoms with Gasteiger partial charge in [-0.15, -0.1) is 0 Å². The van der Waals surface area contributed by atoms with Gasteiger partial charge in [-0.1, -0.05) is 13.3 Å². The highest BCUT2D eigenvalue weighted by Crippen LogP contribution is 2.14. The van der Waals surface area contributed by atoms with Crippen LogP contribution in [0.15, 0.2) is 9.59 Å². The molecule has 1 heterocycles. The van der Waals surface area contributed by atoms with Gasteiger partial charge in [0.05, 0.1) is 6.61 Å². The minimum atomic E-state index is -0.527. The Morgan fingerprint density at radius 2 is 2.11 bits per heavy atom. The van der Waals surface area contributed by atoms with Crippen LogP contribution in [0.3, 0.4) is 0 Å². The van der Waals surface area contributed by atoms with Gasteiger partial charge in [0, 0.05) is 20.1 Å². The number of hydrogen-bond donors (Lipinski definition) is 3. The Morgan fingerprint density at radius 3 is 2.67 bits per heavy atom. The number of likely N-dealkylation sites (N-methyl/N-ethyl adjacent to an activating group) is 1. The number of aromatic nitrogens is 2. The van der Waals surface area contributed by atoms with Gasteiger partial charge in [0.25, 0.3) is 5.56 Å². The van der Waals surface area contributed by atoms with Crippen molar-refractivity contribution in [2.24, 2.45) is 0 Å². The maximum Gasteiger partial charge on any atom is 0.330 e. The number of unbranched alkanes of at least 4 members (excludes halogenated alkanes) is 1. The van der Waals surface area contributed by atoms with Crippen LogP contribution in [0.25, 0.3) is 0 Å². The van der Waals surface area contributed by atoms with Gasteiger partial charge in [-0.3, -0.25) is 14.3 Å². The zero-order valence-corrected chi connectivity index (χ0v) is 10.8. The van der Waals surface area contributed by atoms with Crippen molar-refractivity contribution in [3.63, 3.8) is 0 Å². The number of rotatable bonds is 6. The van der Waals surface area contributed by atoms with Gasteiger partial charge < -0.3 is 15.7 Å².